The molecule has 3 rings (SSSR count). The molecule has 1 fully saturated rings. The van der Waals surface area contributed by atoms with Crippen LogP contribution in [-0.4, -0.2) is 52.0 Å². The number of carbonyl (C=O) groups is 3. The van der Waals surface area contributed by atoms with Gasteiger partial charge in [0.15, 0.2) is 11.4 Å². The van der Waals surface area contributed by atoms with Crippen molar-refractivity contribution in [1.29, 1.82) is 0 Å². The first-order valence-corrected chi connectivity index (χ1v) is 10.2. The molecule has 9 heteroatoms. The van der Waals surface area contributed by atoms with E-state index in [1.54, 1.807) is 0 Å². The Hall–Kier alpha value is -2.39. The Kier molecular flexibility index (Phi) is 6.46. The first-order valence-electron chi connectivity index (χ1n) is 8.35. The molecule has 1 aliphatic rings. The van der Waals surface area contributed by atoms with E-state index in [9.17, 15) is 14.4 Å². The lowest BCUT2D eigenvalue weighted by Crippen LogP contribution is -2.31. The summed E-state index contributed by atoms with van der Waals surface area (Å²) in [6, 6.07) is 8.14. The summed E-state index contributed by atoms with van der Waals surface area (Å²) in [5, 5.41) is 1.71. The van der Waals surface area contributed by atoms with Crippen molar-refractivity contribution in [3.05, 3.63) is 51.8 Å². The Bertz CT molecular complexity index is 902. The second-order valence-corrected chi connectivity index (χ2v) is 7.92. The van der Waals surface area contributed by atoms with Gasteiger partial charge in [-0.3, -0.25) is 14.4 Å². The van der Waals surface area contributed by atoms with Crippen LogP contribution in [0.2, 0.25) is 0 Å². The van der Waals surface area contributed by atoms with Gasteiger partial charge in [-0.15, -0.1) is 11.3 Å². The molecule has 2 aromatic rings. The van der Waals surface area contributed by atoms with Crippen molar-refractivity contribution in [2.24, 2.45) is 4.99 Å². The lowest BCUT2D eigenvalue weighted by atomic mass is 10.1. The third-order valence-corrected chi connectivity index (χ3v) is 5.56. The predicted octanol–water partition coefficient (Wildman–Crippen LogP) is 2.05. The predicted molar refractivity (Wildman–Crippen MR) is 104 cm³/mol. The van der Waals surface area contributed by atoms with Gasteiger partial charge in [0.1, 0.15) is 6.54 Å². The van der Waals surface area contributed by atoms with Gasteiger partial charge in [0.25, 0.3) is 11.1 Å². The number of ether oxygens (including phenoxy) is 1. The second kappa shape index (κ2) is 9.01. The number of aromatic nitrogens is 1. The number of amides is 2. The van der Waals surface area contributed by atoms with E-state index in [1.165, 1.54) is 33.6 Å². The third kappa shape index (κ3) is 5.54. The fourth-order valence-corrected chi connectivity index (χ4v) is 4.02. The minimum atomic E-state index is -0.604. The Morgan fingerprint density at radius 2 is 2.04 bits per heavy atom. The van der Waals surface area contributed by atoms with E-state index in [1.807, 2.05) is 47.3 Å². The molecule has 1 aromatic heterocycles. The Morgan fingerprint density at radius 1 is 1.26 bits per heavy atom. The molecule has 0 aliphatic carbocycles. The van der Waals surface area contributed by atoms with Crippen LogP contribution in [-0.2, 0) is 20.9 Å². The minimum Gasteiger partial charge on any atom is -0.454 e. The third-order valence-electron chi connectivity index (χ3n) is 3.88. The highest BCUT2D eigenvalue weighted by molar-refractivity contribution is 8.13. The molecule has 7 nitrogen and oxygen atoms in total. The summed E-state index contributed by atoms with van der Waals surface area (Å²) < 4.78 is 6.81. The number of carbonyl (C=O) groups excluding carboxylic acids is 3. The highest BCUT2D eigenvalue weighted by Crippen LogP contribution is 2.16. The van der Waals surface area contributed by atoms with E-state index < -0.39 is 18.5 Å². The van der Waals surface area contributed by atoms with Crippen LogP contribution in [0.1, 0.15) is 11.1 Å². The van der Waals surface area contributed by atoms with E-state index in [0.29, 0.717) is 23.6 Å². The molecule has 0 atom stereocenters. The molecule has 27 heavy (non-hydrogen) atoms. The Morgan fingerprint density at radius 3 is 2.74 bits per heavy atom. The van der Waals surface area contributed by atoms with Gasteiger partial charge in [-0.25, -0.2) is 0 Å². The van der Waals surface area contributed by atoms with E-state index >= 15 is 0 Å². The standard InChI is InChI=1S/C18H19N3O4S2/c1-13-2-4-14(5-3-13)10-20-6-8-26-17(20)19-15(22)12-25-16(23)11-21-7-9-27-18(21)24/h2-6,8H,7,9-12H2,1H3. The van der Waals surface area contributed by atoms with Gasteiger partial charge in [0.05, 0.1) is 0 Å². The number of hydrogen-bond donors (Lipinski definition) is 0. The molecule has 0 radical (unpaired) electrons. The fourth-order valence-electron chi connectivity index (χ4n) is 2.45. The summed E-state index contributed by atoms with van der Waals surface area (Å²) in [4.78, 5) is 41.2. The molecule has 0 bridgehead atoms. The highest BCUT2D eigenvalue weighted by atomic mass is 32.2. The molecule has 1 aromatic carbocycles. The van der Waals surface area contributed by atoms with Gasteiger partial charge in [0.2, 0.25) is 0 Å². The summed E-state index contributed by atoms with van der Waals surface area (Å²) in [6.45, 7) is 2.58. The average Bonchev–Trinajstić information content (AvgIpc) is 3.24. The molecular weight excluding hydrogens is 386 g/mol. The number of thiazole rings is 1. The van der Waals surface area contributed by atoms with Crippen molar-refractivity contribution in [3.63, 3.8) is 0 Å². The quantitative estimate of drug-likeness (QED) is 0.687. The first kappa shape index (κ1) is 19.4. The number of rotatable bonds is 6. The van der Waals surface area contributed by atoms with Gasteiger partial charge >= 0.3 is 5.97 Å². The number of aryl methyl sites for hydroxylation is 1. The summed E-state index contributed by atoms with van der Waals surface area (Å²) in [5.74, 6) is -0.474. The van der Waals surface area contributed by atoms with Crippen LogP contribution >= 0.6 is 23.1 Å². The number of hydrogen-bond acceptors (Lipinski definition) is 6. The maximum Gasteiger partial charge on any atom is 0.326 e. The van der Waals surface area contributed by atoms with Crippen molar-refractivity contribution in [2.45, 2.75) is 13.5 Å². The van der Waals surface area contributed by atoms with Crippen molar-refractivity contribution >= 4 is 40.2 Å². The normalized spacial score (nSPS) is 14.6. The largest absolute Gasteiger partial charge is 0.454 e. The first-order chi connectivity index (χ1) is 13.0. The van der Waals surface area contributed by atoms with Gasteiger partial charge in [0, 0.05) is 30.4 Å². The van der Waals surface area contributed by atoms with Crippen molar-refractivity contribution in [2.75, 3.05) is 25.4 Å². The van der Waals surface area contributed by atoms with Gasteiger partial charge in [-0.2, -0.15) is 4.99 Å². The lowest BCUT2D eigenvalue weighted by Gasteiger charge is -2.12. The van der Waals surface area contributed by atoms with Crippen LogP contribution < -0.4 is 4.80 Å². The molecule has 2 heterocycles. The zero-order chi connectivity index (χ0) is 19.2. The molecule has 0 N–H and O–H groups in total. The van der Waals surface area contributed by atoms with Gasteiger partial charge in [-0.05, 0) is 12.5 Å². The monoisotopic (exact) mass is 405 g/mol. The molecule has 0 unspecified atom stereocenters. The minimum absolute atomic E-state index is 0.133. The maximum absolute atomic E-state index is 12.0. The number of nitrogens with zero attached hydrogens (tertiary/aromatic N) is 3. The van der Waals surface area contributed by atoms with Crippen molar-refractivity contribution in [1.82, 2.24) is 9.47 Å². The maximum atomic E-state index is 12.0. The summed E-state index contributed by atoms with van der Waals surface area (Å²) in [7, 11) is 0. The van der Waals surface area contributed by atoms with E-state index in [2.05, 4.69) is 4.99 Å². The summed E-state index contributed by atoms with van der Waals surface area (Å²) in [5.41, 5.74) is 2.29. The van der Waals surface area contributed by atoms with Crippen LogP contribution in [0.3, 0.4) is 0 Å². The summed E-state index contributed by atoms with van der Waals surface area (Å²) in [6.07, 6.45) is 1.86. The van der Waals surface area contributed by atoms with E-state index in [0.717, 1.165) is 5.56 Å². The molecule has 1 aliphatic heterocycles. The molecule has 1 saturated heterocycles. The van der Waals surface area contributed by atoms with Crippen LogP contribution in [0, 0.1) is 6.92 Å². The van der Waals surface area contributed by atoms with E-state index in [-0.39, 0.29) is 11.8 Å². The number of thioether (sulfide) groups is 1. The molecule has 2 amide bonds. The number of benzene rings is 1. The van der Waals surface area contributed by atoms with Crippen molar-refractivity contribution in [3.8, 4) is 0 Å². The second-order valence-electron chi connectivity index (χ2n) is 6.00. The smallest absolute Gasteiger partial charge is 0.326 e. The highest BCUT2D eigenvalue weighted by Gasteiger charge is 2.24. The molecule has 0 saturated carbocycles. The Balaban J connectivity index is 1.56. The number of esters is 1. The molecule has 142 valence electrons. The topological polar surface area (TPSA) is 81.0 Å². The lowest BCUT2D eigenvalue weighted by molar-refractivity contribution is -0.148. The fraction of sp³-hybridized carbons (Fsp3) is 0.333. The van der Waals surface area contributed by atoms with E-state index in [4.69, 9.17) is 4.74 Å². The van der Waals surface area contributed by atoms with Crippen LogP contribution in [0.15, 0.2) is 40.8 Å². The van der Waals surface area contributed by atoms with Crippen LogP contribution in [0.25, 0.3) is 0 Å². The molecule has 0 spiro atoms. The Labute approximate surface area is 164 Å². The molecular formula is C18H19N3O4S2. The summed E-state index contributed by atoms with van der Waals surface area (Å²) >= 11 is 2.51. The van der Waals surface area contributed by atoms with Gasteiger partial charge < -0.3 is 14.2 Å². The van der Waals surface area contributed by atoms with Crippen LogP contribution in [0.4, 0.5) is 4.79 Å². The SMILES string of the molecule is Cc1ccc(Cn2ccsc2=NC(=O)COC(=O)CN2CCSC2=O)cc1. The zero-order valence-electron chi connectivity index (χ0n) is 14.8. The average molecular weight is 406 g/mol. The zero-order valence-corrected chi connectivity index (χ0v) is 16.4. The van der Waals surface area contributed by atoms with Gasteiger partial charge in [-0.1, -0.05) is 41.6 Å². The van der Waals surface area contributed by atoms with Crippen LogP contribution in [0.5, 0.6) is 0 Å². The van der Waals surface area contributed by atoms with Crippen molar-refractivity contribution < 1.29 is 19.1 Å².